The van der Waals surface area contributed by atoms with Crippen LogP contribution in [0.1, 0.15) is 12.8 Å². The maximum atomic E-state index is 10.8. The Morgan fingerprint density at radius 2 is 2.50 bits per heavy atom. The second-order valence-electron chi connectivity index (χ2n) is 2.19. The van der Waals surface area contributed by atoms with E-state index in [-0.39, 0.29) is 6.04 Å². The summed E-state index contributed by atoms with van der Waals surface area (Å²) in [5.74, 6) is -0.396. The van der Waals surface area contributed by atoms with Gasteiger partial charge in [-0.15, -0.1) is 4.99 Å². The molecule has 0 saturated carbocycles. The second-order valence-corrected chi connectivity index (χ2v) is 2.19. The minimum absolute atomic E-state index is 0.235. The molecule has 0 unspecified atom stereocenters. The van der Waals surface area contributed by atoms with E-state index in [4.69, 9.17) is 0 Å². The topological polar surface area (TPSA) is 58.5 Å². The van der Waals surface area contributed by atoms with Crippen molar-refractivity contribution in [2.45, 2.75) is 18.9 Å². The molecule has 1 rings (SSSR count). The van der Waals surface area contributed by atoms with E-state index in [2.05, 4.69) is 10.3 Å². The number of rotatable bonds is 1. The van der Waals surface area contributed by atoms with Crippen LogP contribution in [0.2, 0.25) is 0 Å². The second kappa shape index (κ2) is 3.25. The van der Waals surface area contributed by atoms with Crippen LogP contribution in [0.25, 0.3) is 0 Å². The summed E-state index contributed by atoms with van der Waals surface area (Å²) in [6.45, 7) is 0.838. The molecule has 0 aromatic rings. The number of nitrogens with one attached hydrogen (secondary N) is 1. The maximum absolute atomic E-state index is 10.8. The highest BCUT2D eigenvalue weighted by Crippen LogP contribution is 2.05. The van der Waals surface area contributed by atoms with E-state index >= 15 is 0 Å². The van der Waals surface area contributed by atoms with Gasteiger partial charge in [0.15, 0.2) is 0 Å². The molecule has 0 bridgehead atoms. The number of hydrogen-bond donors (Lipinski definition) is 1. The Labute approximate surface area is 58.3 Å². The molecule has 1 amide bonds. The molecular formula is C6H8N2O2. The van der Waals surface area contributed by atoms with E-state index in [0.29, 0.717) is 0 Å². The van der Waals surface area contributed by atoms with Crippen LogP contribution in [0, 0.1) is 0 Å². The van der Waals surface area contributed by atoms with E-state index in [9.17, 15) is 9.59 Å². The first kappa shape index (κ1) is 7.12. The molecule has 0 spiro atoms. The number of hydrogen-bond acceptors (Lipinski definition) is 3. The van der Waals surface area contributed by atoms with Gasteiger partial charge in [-0.3, -0.25) is 4.79 Å². The number of isocyanates is 1. The standard InChI is InChI=1S/C6H8N2O2/c9-4-8-6(10)5-2-1-3-7-5/h5,7H,1-3H2/t5-/m0/s1. The van der Waals surface area contributed by atoms with Crippen LogP contribution in [0.3, 0.4) is 0 Å². The molecule has 1 N–H and O–H groups in total. The van der Waals surface area contributed by atoms with Crippen molar-refractivity contribution in [3.63, 3.8) is 0 Å². The first-order valence-corrected chi connectivity index (χ1v) is 3.19. The van der Waals surface area contributed by atoms with Crippen LogP contribution < -0.4 is 5.32 Å². The summed E-state index contributed by atoms with van der Waals surface area (Å²) < 4.78 is 0. The zero-order valence-corrected chi connectivity index (χ0v) is 5.46. The van der Waals surface area contributed by atoms with Gasteiger partial charge in [-0.25, -0.2) is 4.79 Å². The average Bonchev–Trinajstić information content (AvgIpc) is 2.38. The van der Waals surface area contributed by atoms with Crippen LogP contribution in [-0.2, 0) is 9.59 Å². The lowest BCUT2D eigenvalue weighted by atomic mass is 10.2. The van der Waals surface area contributed by atoms with Gasteiger partial charge < -0.3 is 5.32 Å². The van der Waals surface area contributed by atoms with Crippen LogP contribution in [0.4, 0.5) is 0 Å². The fourth-order valence-corrected chi connectivity index (χ4v) is 1.02. The molecule has 10 heavy (non-hydrogen) atoms. The van der Waals surface area contributed by atoms with Crippen LogP contribution in [-0.4, -0.2) is 24.6 Å². The van der Waals surface area contributed by atoms with Gasteiger partial charge >= 0.3 is 0 Å². The monoisotopic (exact) mass is 140 g/mol. The molecule has 4 heteroatoms. The summed E-state index contributed by atoms with van der Waals surface area (Å²) in [6.07, 6.45) is 2.99. The third-order valence-corrected chi connectivity index (χ3v) is 1.51. The number of carbonyl (C=O) groups excluding carboxylic acids is 2. The lowest BCUT2D eigenvalue weighted by Gasteiger charge is -2.00. The molecule has 0 aromatic carbocycles. The lowest BCUT2D eigenvalue weighted by molar-refractivity contribution is -0.119. The smallest absolute Gasteiger partial charge is 0.273 e. The molecule has 1 aliphatic heterocycles. The quantitative estimate of drug-likeness (QED) is 0.398. The fraction of sp³-hybridized carbons (Fsp3) is 0.667. The van der Waals surface area contributed by atoms with Crippen LogP contribution in [0.15, 0.2) is 4.99 Å². The van der Waals surface area contributed by atoms with E-state index in [0.717, 1.165) is 19.4 Å². The Balaban J connectivity index is 2.47. The average molecular weight is 140 g/mol. The number of nitrogens with zero attached hydrogens (tertiary/aromatic N) is 1. The largest absolute Gasteiger partial charge is 0.306 e. The Hall–Kier alpha value is -0.990. The third-order valence-electron chi connectivity index (χ3n) is 1.51. The van der Waals surface area contributed by atoms with Gasteiger partial charge in [0, 0.05) is 0 Å². The van der Waals surface area contributed by atoms with Gasteiger partial charge in [-0.2, -0.15) is 0 Å². The minimum Gasteiger partial charge on any atom is -0.306 e. The summed E-state index contributed by atoms with van der Waals surface area (Å²) >= 11 is 0. The minimum atomic E-state index is -0.396. The Kier molecular flexibility index (Phi) is 2.31. The Morgan fingerprint density at radius 3 is 3.00 bits per heavy atom. The molecule has 0 aliphatic carbocycles. The summed E-state index contributed by atoms with van der Waals surface area (Å²) in [7, 11) is 0. The van der Waals surface area contributed by atoms with E-state index in [1.165, 1.54) is 6.08 Å². The zero-order chi connectivity index (χ0) is 7.40. The highest BCUT2D eigenvalue weighted by atomic mass is 16.2. The summed E-state index contributed by atoms with van der Waals surface area (Å²) in [4.78, 5) is 23.4. The molecule has 1 aliphatic rings. The maximum Gasteiger partial charge on any atom is 0.273 e. The SMILES string of the molecule is O=C=NC(=O)[C@@H]1CCCN1. The van der Waals surface area contributed by atoms with E-state index < -0.39 is 5.91 Å². The van der Waals surface area contributed by atoms with Crippen molar-refractivity contribution in [3.05, 3.63) is 0 Å². The highest BCUT2D eigenvalue weighted by molar-refractivity contribution is 5.86. The summed E-state index contributed by atoms with van der Waals surface area (Å²) in [5, 5.41) is 2.92. The molecule has 1 heterocycles. The Bertz CT molecular complexity index is 178. The van der Waals surface area contributed by atoms with E-state index in [1.54, 1.807) is 0 Å². The molecule has 1 fully saturated rings. The lowest BCUT2D eigenvalue weighted by Crippen LogP contribution is -2.29. The van der Waals surface area contributed by atoms with Gasteiger partial charge in [0.2, 0.25) is 6.08 Å². The molecule has 1 saturated heterocycles. The normalized spacial score (nSPS) is 23.8. The molecule has 0 radical (unpaired) electrons. The van der Waals surface area contributed by atoms with Gasteiger partial charge in [0.1, 0.15) is 0 Å². The number of carbonyl (C=O) groups is 1. The molecule has 54 valence electrons. The van der Waals surface area contributed by atoms with Crippen molar-refractivity contribution in [3.8, 4) is 0 Å². The molecular weight excluding hydrogens is 132 g/mol. The van der Waals surface area contributed by atoms with Gasteiger partial charge in [-0.1, -0.05) is 0 Å². The van der Waals surface area contributed by atoms with Crippen molar-refractivity contribution in [1.29, 1.82) is 0 Å². The molecule has 0 aromatic heterocycles. The van der Waals surface area contributed by atoms with Crippen molar-refractivity contribution >= 4 is 12.0 Å². The van der Waals surface area contributed by atoms with Crippen molar-refractivity contribution < 1.29 is 9.59 Å². The van der Waals surface area contributed by atoms with Crippen molar-refractivity contribution in [2.75, 3.05) is 6.54 Å². The predicted molar refractivity (Wildman–Crippen MR) is 34.2 cm³/mol. The van der Waals surface area contributed by atoms with Crippen molar-refractivity contribution in [2.24, 2.45) is 4.99 Å². The highest BCUT2D eigenvalue weighted by Gasteiger charge is 2.20. The predicted octanol–water partition coefficient (Wildman–Crippen LogP) is -0.399. The van der Waals surface area contributed by atoms with Gasteiger partial charge in [0.25, 0.3) is 5.91 Å². The van der Waals surface area contributed by atoms with Crippen molar-refractivity contribution in [1.82, 2.24) is 5.32 Å². The number of aliphatic imine (C=N–C) groups is 1. The summed E-state index contributed by atoms with van der Waals surface area (Å²) in [6, 6.07) is -0.235. The summed E-state index contributed by atoms with van der Waals surface area (Å²) in [5.41, 5.74) is 0. The fourth-order valence-electron chi connectivity index (χ4n) is 1.02. The first-order valence-electron chi connectivity index (χ1n) is 3.19. The van der Waals surface area contributed by atoms with Gasteiger partial charge in [-0.05, 0) is 19.4 Å². The third kappa shape index (κ3) is 1.50. The van der Waals surface area contributed by atoms with Crippen LogP contribution >= 0.6 is 0 Å². The zero-order valence-electron chi connectivity index (χ0n) is 5.46. The van der Waals surface area contributed by atoms with E-state index in [1.807, 2.05) is 0 Å². The first-order chi connectivity index (χ1) is 4.84. The molecule has 4 nitrogen and oxygen atoms in total. The number of amides is 1. The van der Waals surface area contributed by atoms with Crippen LogP contribution in [0.5, 0.6) is 0 Å². The Morgan fingerprint density at radius 1 is 1.70 bits per heavy atom. The van der Waals surface area contributed by atoms with Gasteiger partial charge in [0.05, 0.1) is 6.04 Å². The molecule has 1 atom stereocenters.